The van der Waals surface area contributed by atoms with Gasteiger partial charge in [0.15, 0.2) is 0 Å². The second-order valence-electron chi connectivity index (χ2n) is 7.50. The van der Waals surface area contributed by atoms with Gasteiger partial charge in [-0.15, -0.1) is 0 Å². The van der Waals surface area contributed by atoms with Crippen molar-refractivity contribution >= 4 is 27.5 Å². The summed E-state index contributed by atoms with van der Waals surface area (Å²) in [5, 5.41) is 2.91. The van der Waals surface area contributed by atoms with Crippen LogP contribution in [0.25, 0.3) is 0 Å². The molecule has 3 rings (SSSR count). The number of likely N-dealkylation sites (N-methyl/N-ethyl adjacent to an activating group) is 1. The van der Waals surface area contributed by atoms with E-state index in [-0.39, 0.29) is 5.91 Å². The van der Waals surface area contributed by atoms with E-state index in [9.17, 15) is 4.79 Å². The lowest BCUT2D eigenvalue weighted by atomic mass is 10.1. The van der Waals surface area contributed by atoms with E-state index in [0.717, 1.165) is 46.4 Å². The Bertz CT molecular complexity index is 974. The summed E-state index contributed by atoms with van der Waals surface area (Å²) in [7, 11) is 2.06. The van der Waals surface area contributed by atoms with E-state index < -0.39 is 0 Å². The first-order chi connectivity index (χ1) is 15.1. The number of nitrogens with zero attached hydrogens (tertiary/aromatic N) is 1. The van der Waals surface area contributed by atoms with Crippen LogP contribution in [0.3, 0.4) is 0 Å². The van der Waals surface area contributed by atoms with Gasteiger partial charge in [-0.1, -0.05) is 53.2 Å². The first kappa shape index (κ1) is 22.9. The van der Waals surface area contributed by atoms with Gasteiger partial charge in [0.1, 0.15) is 12.4 Å². The van der Waals surface area contributed by atoms with Gasteiger partial charge >= 0.3 is 0 Å². The molecular weight excluding hydrogens is 452 g/mol. The molecule has 0 atom stereocenters. The lowest BCUT2D eigenvalue weighted by Gasteiger charge is -2.21. The van der Waals surface area contributed by atoms with E-state index in [0.29, 0.717) is 18.7 Å². The van der Waals surface area contributed by atoms with Crippen LogP contribution in [0.5, 0.6) is 5.75 Å². The average Bonchev–Trinajstić information content (AvgIpc) is 2.81. The van der Waals surface area contributed by atoms with E-state index in [1.807, 2.05) is 61.5 Å². The van der Waals surface area contributed by atoms with Crippen molar-refractivity contribution in [3.63, 3.8) is 0 Å². The zero-order valence-electron chi connectivity index (χ0n) is 18.1. The van der Waals surface area contributed by atoms with Crippen LogP contribution >= 0.6 is 15.9 Å². The largest absolute Gasteiger partial charge is 0.489 e. The number of carbonyl (C=O) groups is 1. The van der Waals surface area contributed by atoms with Gasteiger partial charge < -0.3 is 15.0 Å². The van der Waals surface area contributed by atoms with Crippen molar-refractivity contribution in [2.75, 3.05) is 25.0 Å². The molecule has 0 aliphatic rings. The Kier molecular flexibility index (Phi) is 8.53. The molecule has 0 radical (unpaired) electrons. The summed E-state index contributed by atoms with van der Waals surface area (Å²) in [6.07, 6.45) is 1.78. The molecule has 31 heavy (non-hydrogen) atoms. The fourth-order valence-corrected chi connectivity index (χ4v) is 3.65. The molecule has 0 aliphatic heterocycles. The molecule has 4 nitrogen and oxygen atoms in total. The van der Waals surface area contributed by atoms with Crippen LogP contribution in [-0.4, -0.2) is 26.0 Å². The van der Waals surface area contributed by atoms with E-state index >= 15 is 0 Å². The maximum atomic E-state index is 12.1. The molecule has 3 aromatic carbocycles. The number of hydrogen-bond donors (Lipinski definition) is 1. The fraction of sp³-hybridized carbons (Fsp3) is 0.269. The zero-order chi connectivity index (χ0) is 22.1. The van der Waals surface area contributed by atoms with Crippen LogP contribution in [0.1, 0.15) is 34.8 Å². The van der Waals surface area contributed by atoms with Crippen LogP contribution in [0.4, 0.5) is 5.69 Å². The summed E-state index contributed by atoms with van der Waals surface area (Å²) in [6.45, 7) is 4.12. The fourth-order valence-electron chi connectivity index (χ4n) is 3.24. The number of carbonyl (C=O) groups excluding carboxylic acids is 1. The first-order valence-electron chi connectivity index (χ1n) is 10.6. The highest BCUT2D eigenvalue weighted by Crippen LogP contribution is 2.25. The normalized spacial score (nSPS) is 10.5. The van der Waals surface area contributed by atoms with E-state index in [2.05, 4.69) is 51.4 Å². The number of nitrogens with one attached hydrogen (secondary N) is 1. The van der Waals surface area contributed by atoms with Gasteiger partial charge in [0.05, 0.1) is 0 Å². The molecule has 5 heteroatoms. The third-order valence-corrected chi connectivity index (χ3v) is 5.58. The molecule has 0 aromatic heterocycles. The van der Waals surface area contributed by atoms with E-state index in [1.54, 1.807) is 0 Å². The Hall–Kier alpha value is -2.79. The Balaban J connectivity index is 1.61. The molecular formula is C26H29BrN2O2. The zero-order valence-corrected chi connectivity index (χ0v) is 19.7. The molecule has 0 heterocycles. The average molecular weight is 481 g/mol. The smallest absolute Gasteiger partial charge is 0.251 e. The second-order valence-corrected chi connectivity index (χ2v) is 8.42. The topological polar surface area (TPSA) is 41.6 Å². The van der Waals surface area contributed by atoms with Crippen molar-refractivity contribution in [3.05, 3.63) is 94.0 Å². The van der Waals surface area contributed by atoms with Crippen LogP contribution in [0, 0.1) is 0 Å². The first-order valence-corrected chi connectivity index (χ1v) is 11.4. The van der Waals surface area contributed by atoms with Crippen LogP contribution in [0.15, 0.2) is 77.3 Å². The number of anilines is 1. The quantitative estimate of drug-likeness (QED) is 0.395. The molecule has 1 N–H and O–H groups in total. The highest BCUT2D eigenvalue weighted by Gasteiger charge is 2.09. The second kappa shape index (κ2) is 11.6. The summed E-state index contributed by atoms with van der Waals surface area (Å²) >= 11 is 3.58. The summed E-state index contributed by atoms with van der Waals surface area (Å²) < 4.78 is 7.15. The summed E-state index contributed by atoms with van der Waals surface area (Å²) in [5.41, 5.74) is 4.08. The van der Waals surface area contributed by atoms with Crippen LogP contribution in [-0.2, 0) is 13.0 Å². The maximum absolute atomic E-state index is 12.1. The Morgan fingerprint density at radius 3 is 2.48 bits per heavy atom. The minimum Gasteiger partial charge on any atom is -0.489 e. The Morgan fingerprint density at radius 2 is 1.77 bits per heavy atom. The van der Waals surface area contributed by atoms with Gasteiger partial charge in [0.25, 0.3) is 5.91 Å². The predicted octanol–water partition coefficient (Wildman–Crippen LogP) is 5.85. The number of halogens is 1. The molecule has 162 valence electrons. The summed E-state index contributed by atoms with van der Waals surface area (Å²) in [4.78, 5) is 14.3. The molecule has 3 aromatic rings. The molecule has 0 bridgehead atoms. The highest BCUT2D eigenvalue weighted by molar-refractivity contribution is 9.10. The lowest BCUT2D eigenvalue weighted by Crippen LogP contribution is -2.24. The van der Waals surface area contributed by atoms with E-state index in [4.69, 9.17) is 4.74 Å². The summed E-state index contributed by atoms with van der Waals surface area (Å²) in [5.74, 6) is 0.883. The third kappa shape index (κ3) is 6.86. The minimum absolute atomic E-state index is 0.0228. The maximum Gasteiger partial charge on any atom is 0.251 e. The Labute approximate surface area is 193 Å². The molecule has 0 saturated heterocycles. The molecule has 1 amide bonds. The van der Waals surface area contributed by atoms with Gasteiger partial charge in [-0.3, -0.25) is 4.79 Å². The standard InChI is InChI=1S/C26H29BrN2O2/c1-3-16-28-26(30)21-9-12-24(13-10-21)29(2)17-15-22-18-23(27)11-14-25(22)31-19-20-7-5-4-6-8-20/h4-14,18H,3,15-17,19H2,1-2H3,(H,28,30). The van der Waals surface area contributed by atoms with Crippen molar-refractivity contribution in [1.82, 2.24) is 5.32 Å². The lowest BCUT2D eigenvalue weighted by molar-refractivity contribution is 0.0953. The number of benzene rings is 3. The number of hydrogen-bond acceptors (Lipinski definition) is 3. The predicted molar refractivity (Wildman–Crippen MR) is 131 cm³/mol. The van der Waals surface area contributed by atoms with Crippen LogP contribution < -0.4 is 15.0 Å². The van der Waals surface area contributed by atoms with Crippen LogP contribution in [0.2, 0.25) is 0 Å². The van der Waals surface area contributed by atoms with Gasteiger partial charge in [0, 0.05) is 35.9 Å². The number of rotatable bonds is 10. The van der Waals surface area contributed by atoms with Crippen molar-refractivity contribution in [1.29, 1.82) is 0 Å². The molecule has 0 unspecified atom stereocenters. The van der Waals surface area contributed by atoms with Gasteiger partial charge in [-0.05, 0) is 66.4 Å². The van der Waals surface area contributed by atoms with Crippen molar-refractivity contribution in [3.8, 4) is 5.75 Å². The summed E-state index contributed by atoms with van der Waals surface area (Å²) in [6, 6.07) is 24.1. The number of ether oxygens (including phenoxy) is 1. The molecule has 0 fully saturated rings. The SMILES string of the molecule is CCCNC(=O)c1ccc(N(C)CCc2cc(Br)ccc2OCc2ccccc2)cc1. The number of amides is 1. The molecule has 0 aliphatic carbocycles. The van der Waals surface area contributed by atoms with Crippen molar-refractivity contribution in [2.45, 2.75) is 26.4 Å². The van der Waals surface area contributed by atoms with E-state index in [1.165, 1.54) is 0 Å². The molecule has 0 saturated carbocycles. The highest BCUT2D eigenvalue weighted by atomic mass is 79.9. The van der Waals surface area contributed by atoms with Crippen molar-refractivity contribution in [2.24, 2.45) is 0 Å². The van der Waals surface area contributed by atoms with Gasteiger partial charge in [0.2, 0.25) is 0 Å². The Morgan fingerprint density at radius 1 is 1.03 bits per heavy atom. The molecule has 0 spiro atoms. The van der Waals surface area contributed by atoms with Crippen molar-refractivity contribution < 1.29 is 9.53 Å². The van der Waals surface area contributed by atoms with Gasteiger partial charge in [-0.2, -0.15) is 0 Å². The third-order valence-electron chi connectivity index (χ3n) is 5.08. The minimum atomic E-state index is -0.0228. The van der Waals surface area contributed by atoms with Gasteiger partial charge in [-0.25, -0.2) is 0 Å². The monoisotopic (exact) mass is 480 g/mol.